The van der Waals surface area contributed by atoms with Gasteiger partial charge in [0.2, 0.25) is 10.9 Å². The van der Waals surface area contributed by atoms with Crippen molar-refractivity contribution in [1.82, 2.24) is 10.2 Å². The van der Waals surface area contributed by atoms with Gasteiger partial charge in [-0.05, 0) is 6.07 Å². The molecule has 2 aromatic heterocycles. The summed E-state index contributed by atoms with van der Waals surface area (Å²) < 4.78 is 10.6. The quantitative estimate of drug-likeness (QED) is 0.478. The third-order valence-electron chi connectivity index (χ3n) is 2.27. The van der Waals surface area contributed by atoms with Crippen LogP contribution in [0.2, 0.25) is 0 Å². The fourth-order valence-electron chi connectivity index (χ4n) is 1.36. The number of hydrogen-bond donors (Lipinski definition) is 1. The summed E-state index contributed by atoms with van der Waals surface area (Å²) in [6, 6.07) is 1.75. The smallest absolute Gasteiger partial charge is 0.374 e. The largest absolute Gasteiger partial charge is 0.463 e. The van der Waals surface area contributed by atoms with Crippen LogP contribution in [0.1, 0.15) is 16.1 Å². The lowest BCUT2D eigenvalue weighted by Crippen LogP contribution is -2.02. The molecule has 0 atom stereocenters. The first-order valence-electron chi connectivity index (χ1n) is 5.70. The minimum atomic E-state index is -0.476. The molecule has 0 saturated carbocycles. The molecule has 6 nitrogen and oxygen atoms in total. The van der Waals surface area contributed by atoms with E-state index in [-0.39, 0.29) is 5.76 Å². The molecule has 0 bridgehead atoms. The number of nitrogens with zero attached hydrogens (tertiary/aromatic N) is 2. The zero-order chi connectivity index (χ0) is 14.4. The number of methoxy groups -OCH3 is 1. The molecule has 0 saturated heterocycles. The predicted octanol–water partition coefficient (Wildman–Crippen LogP) is 2.81. The van der Waals surface area contributed by atoms with Crippen molar-refractivity contribution in [3.05, 3.63) is 36.3 Å². The van der Waals surface area contributed by atoms with E-state index in [9.17, 15) is 4.79 Å². The van der Waals surface area contributed by atoms with Gasteiger partial charge in [0.15, 0.2) is 4.34 Å². The van der Waals surface area contributed by atoms with E-state index >= 15 is 0 Å². The Morgan fingerprint density at radius 2 is 2.50 bits per heavy atom. The summed E-state index contributed by atoms with van der Waals surface area (Å²) in [6.07, 6.45) is 3.22. The van der Waals surface area contributed by atoms with Crippen LogP contribution in [0.15, 0.2) is 33.7 Å². The van der Waals surface area contributed by atoms with Crippen molar-refractivity contribution < 1.29 is 13.9 Å². The Balaban J connectivity index is 1.95. The lowest BCUT2D eigenvalue weighted by atomic mass is 10.3. The Kier molecular flexibility index (Phi) is 5.19. The normalized spacial score (nSPS) is 10.2. The molecule has 0 aliphatic carbocycles. The van der Waals surface area contributed by atoms with Crippen LogP contribution in [0.4, 0.5) is 5.13 Å². The SMILES string of the molecule is C=CCNc1nnc(SCc2ccoc2C(=O)OC)s1. The number of nitrogens with one attached hydrogen (secondary N) is 1. The zero-order valence-electron chi connectivity index (χ0n) is 10.8. The van der Waals surface area contributed by atoms with Gasteiger partial charge in [-0.3, -0.25) is 0 Å². The maximum atomic E-state index is 11.5. The van der Waals surface area contributed by atoms with Crippen molar-refractivity contribution >= 4 is 34.2 Å². The van der Waals surface area contributed by atoms with E-state index in [1.165, 1.54) is 36.5 Å². The molecule has 0 spiro atoms. The van der Waals surface area contributed by atoms with Gasteiger partial charge in [-0.2, -0.15) is 0 Å². The van der Waals surface area contributed by atoms with Crippen LogP contribution < -0.4 is 5.32 Å². The second kappa shape index (κ2) is 7.11. The highest BCUT2D eigenvalue weighted by molar-refractivity contribution is 8.00. The van der Waals surface area contributed by atoms with Crippen molar-refractivity contribution in [2.75, 3.05) is 19.0 Å². The van der Waals surface area contributed by atoms with E-state index in [1.54, 1.807) is 12.1 Å². The van der Waals surface area contributed by atoms with Gasteiger partial charge in [0.05, 0.1) is 13.4 Å². The molecule has 20 heavy (non-hydrogen) atoms. The summed E-state index contributed by atoms with van der Waals surface area (Å²) in [5.41, 5.74) is 0.776. The Morgan fingerprint density at radius 3 is 3.25 bits per heavy atom. The van der Waals surface area contributed by atoms with Gasteiger partial charge in [-0.25, -0.2) is 4.79 Å². The second-order valence-electron chi connectivity index (χ2n) is 3.60. The summed E-state index contributed by atoms with van der Waals surface area (Å²) in [6.45, 7) is 4.27. The van der Waals surface area contributed by atoms with Crippen molar-refractivity contribution in [3.8, 4) is 0 Å². The Bertz CT molecular complexity index is 594. The summed E-state index contributed by atoms with van der Waals surface area (Å²) in [7, 11) is 1.32. The number of carbonyl (C=O) groups excluding carboxylic acids is 1. The Hall–Kier alpha value is -1.80. The second-order valence-corrected chi connectivity index (χ2v) is 5.80. The number of aromatic nitrogens is 2. The number of ether oxygens (including phenoxy) is 1. The first kappa shape index (κ1) is 14.6. The summed E-state index contributed by atoms with van der Waals surface area (Å²) in [4.78, 5) is 11.5. The molecular weight excluding hydrogens is 298 g/mol. The molecule has 0 aliphatic rings. The van der Waals surface area contributed by atoms with E-state index < -0.39 is 5.97 Å². The monoisotopic (exact) mass is 311 g/mol. The number of thioether (sulfide) groups is 1. The molecule has 2 heterocycles. The van der Waals surface area contributed by atoms with E-state index in [1.807, 2.05) is 0 Å². The van der Waals surface area contributed by atoms with Gasteiger partial charge in [-0.1, -0.05) is 29.2 Å². The molecule has 1 N–H and O–H groups in total. The summed E-state index contributed by atoms with van der Waals surface area (Å²) in [5.74, 6) is 0.322. The maximum absolute atomic E-state index is 11.5. The molecule has 0 fully saturated rings. The van der Waals surface area contributed by atoms with Gasteiger partial charge in [0, 0.05) is 17.9 Å². The number of esters is 1. The van der Waals surface area contributed by atoms with Crippen LogP contribution in [0.3, 0.4) is 0 Å². The molecule has 106 valence electrons. The van der Waals surface area contributed by atoms with Gasteiger partial charge in [0.1, 0.15) is 0 Å². The number of hydrogen-bond acceptors (Lipinski definition) is 8. The molecule has 8 heteroatoms. The molecule has 0 radical (unpaired) electrons. The predicted molar refractivity (Wildman–Crippen MR) is 78.2 cm³/mol. The number of carbonyl (C=O) groups is 1. The Labute approximate surface area is 124 Å². The van der Waals surface area contributed by atoms with Crippen LogP contribution in [-0.4, -0.2) is 29.8 Å². The summed E-state index contributed by atoms with van der Waals surface area (Å²) >= 11 is 2.94. The molecule has 0 unspecified atom stereocenters. The van der Waals surface area contributed by atoms with Crippen molar-refractivity contribution in [2.45, 2.75) is 10.1 Å². The third kappa shape index (κ3) is 3.61. The Morgan fingerprint density at radius 1 is 1.65 bits per heavy atom. The van der Waals surface area contributed by atoms with Crippen LogP contribution in [0.25, 0.3) is 0 Å². The van der Waals surface area contributed by atoms with Gasteiger partial charge >= 0.3 is 5.97 Å². The molecular formula is C12H13N3O3S2. The van der Waals surface area contributed by atoms with E-state index in [4.69, 9.17) is 4.42 Å². The average Bonchev–Trinajstić information content (AvgIpc) is 3.10. The minimum Gasteiger partial charge on any atom is -0.463 e. The van der Waals surface area contributed by atoms with Crippen molar-refractivity contribution in [1.29, 1.82) is 0 Å². The summed E-state index contributed by atoms with van der Waals surface area (Å²) in [5, 5.41) is 11.9. The van der Waals surface area contributed by atoms with Crippen molar-refractivity contribution in [3.63, 3.8) is 0 Å². The number of furan rings is 1. The lowest BCUT2D eigenvalue weighted by Gasteiger charge is -1.98. The molecule has 2 aromatic rings. The molecule has 0 amide bonds. The fourth-order valence-corrected chi connectivity index (χ4v) is 3.10. The first-order valence-corrected chi connectivity index (χ1v) is 7.50. The van der Waals surface area contributed by atoms with Crippen LogP contribution >= 0.6 is 23.1 Å². The highest BCUT2D eigenvalue weighted by Gasteiger charge is 2.16. The van der Waals surface area contributed by atoms with Crippen LogP contribution in [0.5, 0.6) is 0 Å². The van der Waals surface area contributed by atoms with Gasteiger partial charge in [-0.15, -0.1) is 16.8 Å². The first-order chi connectivity index (χ1) is 9.74. The topological polar surface area (TPSA) is 77.3 Å². The number of rotatable bonds is 7. The number of anilines is 1. The van der Waals surface area contributed by atoms with Crippen LogP contribution in [0, 0.1) is 0 Å². The van der Waals surface area contributed by atoms with Crippen LogP contribution in [-0.2, 0) is 10.5 Å². The van der Waals surface area contributed by atoms with Crippen molar-refractivity contribution in [2.24, 2.45) is 0 Å². The third-order valence-corrected chi connectivity index (χ3v) is 4.34. The standard InChI is InChI=1S/C12H13N3O3S2/c1-3-5-13-11-14-15-12(20-11)19-7-8-4-6-18-9(8)10(16)17-2/h3-4,6H,1,5,7H2,2H3,(H,13,14). The highest BCUT2D eigenvalue weighted by atomic mass is 32.2. The molecule has 0 aliphatic heterocycles. The van der Waals surface area contributed by atoms with E-state index in [0.29, 0.717) is 12.3 Å². The average molecular weight is 311 g/mol. The molecule has 0 aromatic carbocycles. The molecule has 2 rings (SSSR count). The zero-order valence-corrected chi connectivity index (χ0v) is 12.4. The van der Waals surface area contributed by atoms with Gasteiger partial charge in [0.25, 0.3) is 0 Å². The minimum absolute atomic E-state index is 0.231. The fraction of sp³-hybridized carbons (Fsp3) is 0.250. The van der Waals surface area contributed by atoms with E-state index in [2.05, 4.69) is 26.8 Å². The highest BCUT2D eigenvalue weighted by Crippen LogP contribution is 2.29. The van der Waals surface area contributed by atoms with Gasteiger partial charge < -0.3 is 14.5 Å². The lowest BCUT2D eigenvalue weighted by molar-refractivity contribution is 0.0564. The maximum Gasteiger partial charge on any atom is 0.374 e. The van der Waals surface area contributed by atoms with E-state index in [0.717, 1.165) is 15.0 Å².